The third kappa shape index (κ3) is 13.5. The SMILES string of the molecule is C=CC.CCCCCNC(CS)C(=O)O. The summed E-state index contributed by atoms with van der Waals surface area (Å²) in [4.78, 5) is 10.5. The molecule has 15 heavy (non-hydrogen) atoms. The van der Waals surface area contributed by atoms with Gasteiger partial charge in [0.15, 0.2) is 0 Å². The van der Waals surface area contributed by atoms with Crippen LogP contribution in [-0.4, -0.2) is 29.4 Å². The van der Waals surface area contributed by atoms with Gasteiger partial charge in [-0.1, -0.05) is 25.8 Å². The summed E-state index contributed by atoms with van der Waals surface area (Å²) >= 11 is 3.94. The van der Waals surface area contributed by atoms with E-state index in [9.17, 15) is 4.79 Å². The van der Waals surface area contributed by atoms with Crippen LogP contribution in [0.15, 0.2) is 12.7 Å². The molecule has 0 radical (unpaired) electrons. The zero-order valence-corrected chi connectivity index (χ0v) is 10.6. The topological polar surface area (TPSA) is 49.3 Å². The fourth-order valence-corrected chi connectivity index (χ4v) is 1.17. The van der Waals surface area contributed by atoms with Gasteiger partial charge in [0.05, 0.1) is 0 Å². The van der Waals surface area contributed by atoms with Gasteiger partial charge in [-0.05, 0) is 19.9 Å². The Kier molecular flexibility index (Phi) is 15.3. The van der Waals surface area contributed by atoms with Crippen molar-refractivity contribution < 1.29 is 9.90 Å². The van der Waals surface area contributed by atoms with E-state index in [0.29, 0.717) is 5.75 Å². The molecule has 0 aliphatic rings. The molecule has 0 rings (SSSR count). The van der Waals surface area contributed by atoms with E-state index in [1.54, 1.807) is 6.08 Å². The smallest absolute Gasteiger partial charge is 0.321 e. The fourth-order valence-electron chi connectivity index (χ4n) is 0.881. The van der Waals surface area contributed by atoms with Crippen LogP contribution in [0.1, 0.15) is 33.1 Å². The van der Waals surface area contributed by atoms with E-state index in [4.69, 9.17) is 5.11 Å². The Balaban J connectivity index is 0. The van der Waals surface area contributed by atoms with Crippen molar-refractivity contribution in [2.75, 3.05) is 12.3 Å². The van der Waals surface area contributed by atoms with Gasteiger partial charge in [-0.15, -0.1) is 6.58 Å². The van der Waals surface area contributed by atoms with E-state index in [2.05, 4.69) is 31.4 Å². The minimum atomic E-state index is -0.818. The zero-order valence-electron chi connectivity index (χ0n) is 9.70. The lowest BCUT2D eigenvalue weighted by Gasteiger charge is -2.10. The number of hydrogen-bond donors (Lipinski definition) is 3. The molecule has 0 fully saturated rings. The summed E-state index contributed by atoms with van der Waals surface area (Å²) in [5.74, 6) is -0.469. The Bertz CT molecular complexity index is 163. The highest BCUT2D eigenvalue weighted by molar-refractivity contribution is 7.80. The molecule has 0 aromatic rings. The van der Waals surface area contributed by atoms with Crippen LogP contribution < -0.4 is 5.32 Å². The average molecular weight is 233 g/mol. The van der Waals surface area contributed by atoms with Crippen LogP contribution in [0.25, 0.3) is 0 Å². The first-order valence-corrected chi connectivity index (χ1v) is 5.91. The molecule has 0 heterocycles. The van der Waals surface area contributed by atoms with Crippen molar-refractivity contribution in [3.63, 3.8) is 0 Å². The Hall–Kier alpha value is -0.480. The van der Waals surface area contributed by atoms with Gasteiger partial charge in [-0.2, -0.15) is 12.6 Å². The number of allylic oxidation sites excluding steroid dienone is 1. The van der Waals surface area contributed by atoms with Gasteiger partial charge < -0.3 is 10.4 Å². The molecular formula is C11H23NO2S. The number of carboxylic acids is 1. The maximum Gasteiger partial charge on any atom is 0.321 e. The van der Waals surface area contributed by atoms with Gasteiger partial charge in [0.25, 0.3) is 0 Å². The second-order valence-electron chi connectivity index (χ2n) is 3.14. The van der Waals surface area contributed by atoms with Crippen molar-refractivity contribution >= 4 is 18.6 Å². The first kappa shape index (κ1) is 16.9. The van der Waals surface area contributed by atoms with Crippen molar-refractivity contribution in [3.05, 3.63) is 12.7 Å². The molecule has 0 saturated heterocycles. The summed E-state index contributed by atoms with van der Waals surface area (Å²) in [7, 11) is 0. The molecule has 0 spiro atoms. The molecule has 0 saturated carbocycles. The molecule has 3 nitrogen and oxygen atoms in total. The second-order valence-corrected chi connectivity index (χ2v) is 3.51. The lowest BCUT2D eigenvalue weighted by Crippen LogP contribution is -2.38. The third-order valence-electron chi connectivity index (χ3n) is 1.65. The number of carboxylic acid groups (broad SMARTS) is 1. The number of carbonyl (C=O) groups is 1. The third-order valence-corrected chi connectivity index (χ3v) is 2.02. The highest BCUT2D eigenvalue weighted by Gasteiger charge is 2.12. The van der Waals surface area contributed by atoms with E-state index in [0.717, 1.165) is 25.8 Å². The summed E-state index contributed by atoms with van der Waals surface area (Å²) in [6.45, 7) is 8.14. The first-order chi connectivity index (χ1) is 7.13. The molecule has 1 atom stereocenters. The summed E-state index contributed by atoms with van der Waals surface area (Å²) in [5, 5.41) is 11.5. The van der Waals surface area contributed by atoms with Crippen molar-refractivity contribution in [2.45, 2.75) is 39.2 Å². The van der Waals surface area contributed by atoms with Crippen LogP contribution in [0, 0.1) is 0 Å². The largest absolute Gasteiger partial charge is 0.480 e. The molecule has 0 bridgehead atoms. The summed E-state index contributed by atoms with van der Waals surface area (Å²) in [6, 6.07) is -0.495. The normalized spacial score (nSPS) is 11.1. The highest BCUT2D eigenvalue weighted by Crippen LogP contribution is 1.93. The van der Waals surface area contributed by atoms with Crippen LogP contribution in [0.5, 0.6) is 0 Å². The van der Waals surface area contributed by atoms with Gasteiger partial charge in [0, 0.05) is 5.75 Å². The van der Waals surface area contributed by atoms with Gasteiger partial charge in [-0.3, -0.25) is 4.79 Å². The zero-order chi connectivity index (χ0) is 12.1. The lowest BCUT2D eigenvalue weighted by atomic mass is 10.2. The van der Waals surface area contributed by atoms with Crippen LogP contribution in [0.3, 0.4) is 0 Å². The number of aliphatic carboxylic acids is 1. The van der Waals surface area contributed by atoms with Gasteiger partial charge in [0.1, 0.15) is 6.04 Å². The minimum absolute atomic E-state index is 0.349. The van der Waals surface area contributed by atoms with Gasteiger partial charge >= 0.3 is 5.97 Å². The van der Waals surface area contributed by atoms with Crippen LogP contribution in [0.4, 0.5) is 0 Å². The predicted molar refractivity (Wildman–Crippen MR) is 68.7 cm³/mol. The molecule has 2 N–H and O–H groups in total. The fraction of sp³-hybridized carbons (Fsp3) is 0.727. The Labute approximate surface area is 98.4 Å². The summed E-state index contributed by atoms with van der Waals surface area (Å²) < 4.78 is 0. The molecule has 1 unspecified atom stereocenters. The predicted octanol–water partition coefficient (Wildman–Crippen LogP) is 2.34. The van der Waals surface area contributed by atoms with Crippen LogP contribution in [0.2, 0.25) is 0 Å². The number of unbranched alkanes of at least 4 members (excludes halogenated alkanes) is 2. The maximum atomic E-state index is 10.5. The average Bonchev–Trinajstić information content (AvgIpc) is 2.18. The number of nitrogens with one attached hydrogen (secondary N) is 1. The molecule has 4 heteroatoms. The minimum Gasteiger partial charge on any atom is -0.480 e. The monoisotopic (exact) mass is 233 g/mol. The van der Waals surface area contributed by atoms with Gasteiger partial charge in [0.2, 0.25) is 0 Å². The van der Waals surface area contributed by atoms with Gasteiger partial charge in [-0.25, -0.2) is 0 Å². The van der Waals surface area contributed by atoms with Crippen molar-refractivity contribution in [3.8, 4) is 0 Å². The molecule has 0 aliphatic heterocycles. The molecule has 0 aliphatic carbocycles. The quantitative estimate of drug-likeness (QED) is 0.359. The summed E-state index contributed by atoms with van der Waals surface area (Å²) in [6.07, 6.45) is 5.08. The lowest BCUT2D eigenvalue weighted by molar-refractivity contribution is -0.138. The van der Waals surface area contributed by atoms with E-state index < -0.39 is 12.0 Å². The van der Waals surface area contributed by atoms with Crippen molar-refractivity contribution in [1.29, 1.82) is 0 Å². The summed E-state index contributed by atoms with van der Waals surface area (Å²) in [5.41, 5.74) is 0. The number of rotatable bonds is 7. The first-order valence-electron chi connectivity index (χ1n) is 5.28. The number of thiol groups is 1. The standard InChI is InChI=1S/C8H17NO2S.C3H6/c1-2-3-4-5-9-7(6-12)8(10)11;1-3-2/h7,9,12H,2-6H2,1H3,(H,10,11);3H,1H2,2H3. The van der Waals surface area contributed by atoms with Crippen LogP contribution >= 0.6 is 12.6 Å². The Morgan fingerprint density at radius 2 is 2.13 bits per heavy atom. The van der Waals surface area contributed by atoms with E-state index in [-0.39, 0.29) is 0 Å². The molecular weight excluding hydrogens is 210 g/mol. The highest BCUT2D eigenvalue weighted by atomic mass is 32.1. The number of hydrogen-bond acceptors (Lipinski definition) is 3. The molecule has 90 valence electrons. The molecule has 0 aromatic heterocycles. The molecule has 0 amide bonds. The maximum absolute atomic E-state index is 10.5. The Morgan fingerprint density at radius 3 is 2.47 bits per heavy atom. The Morgan fingerprint density at radius 1 is 1.60 bits per heavy atom. The second kappa shape index (κ2) is 13.5. The van der Waals surface area contributed by atoms with E-state index >= 15 is 0 Å². The van der Waals surface area contributed by atoms with E-state index in [1.165, 1.54) is 0 Å². The van der Waals surface area contributed by atoms with Crippen LogP contribution in [-0.2, 0) is 4.79 Å². The van der Waals surface area contributed by atoms with Crippen molar-refractivity contribution in [2.24, 2.45) is 0 Å². The van der Waals surface area contributed by atoms with Crippen molar-refractivity contribution in [1.82, 2.24) is 5.32 Å². The van der Waals surface area contributed by atoms with E-state index in [1.807, 2.05) is 6.92 Å². The molecule has 0 aromatic carbocycles.